The monoisotopic (exact) mass is 399 g/mol. The van der Waals surface area contributed by atoms with Crippen molar-refractivity contribution in [2.75, 3.05) is 33.2 Å². The first-order valence-electron chi connectivity index (χ1n) is 8.94. The van der Waals surface area contributed by atoms with E-state index >= 15 is 0 Å². The number of carbonyl (C=O) groups is 1. The number of piperidine rings is 1. The van der Waals surface area contributed by atoms with Crippen molar-refractivity contribution in [2.45, 2.75) is 24.7 Å². The van der Waals surface area contributed by atoms with E-state index in [9.17, 15) is 13.2 Å². The number of carbonyl (C=O) groups excluding carboxylic acids is 1. The molecule has 2 saturated heterocycles. The van der Waals surface area contributed by atoms with Gasteiger partial charge in [-0.15, -0.1) is 0 Å². The topological polar surface area (TPSA) is 83.7 Å². The Hall–Kier alpha value is -1.15. The van der Waals surface area contributed by atoms with E-state index in [1.807, 2.05) is 0 Å². The van der Waals surface area contributed by atoms with Crippen LogP contribution in [-0.4, -0.2) is 56.8 Å². The highest BCUT2D eigenvalue weighted by molar-refractivity contribution is 7.89. The normalized spacial score (nSPS) is 26.3. The molecule has 3 rings (SSSR count). The van der Waals surface area contributed by atoms with Gasteiger partial charge in [-0.2, -0.15) is 4.31 Å². The zero-order chi connectivity index (χ0) is 19.1. The van der Waals surface area contributed by atoms with E-state index in [1.54, 1.807) is 19.1 Å². The lowest BCUT2D eigenvalue weighted by Gasteiger charge is -2.34. The molecule has 2 aliphatic heterocycles. The second kappa shape index (κ2) is 7.46. The summed E-state index contributed by atoms with van der Waals surface area (Å²) in [7, 11) is -1.60. The molecule has 2 fully saturated rings. The van der Waals surface area contributed by atoms with Crippen molar-refractivity contribution >= 4 is 27.5 Å². The van der Waals surface area contributed by atoms with Gasteiger partial charge in [0.2, 0.25) is 15.9 Å². The second-order valence-corrected chi connectivity index (χ2v) is 9.89. The summed E-state index contributed by atoms with van der Waals surface area (Å²) in [6, 6.07) is 4.76. The molecule has 2 heterocycles. The van der Waals surface area contributed by atoms with Crippen molar-refractivity contribution in [1.29, 1.82) is 0 Å². The fraction of sp³-hybridized carbons (Fsp3) is 0.611. The number of benzene rings is 1. The molecule has 0 spiro atoms. The summed E-state index contributed by atoms with van der Waals surface area (Å²) >= 11 is 5.95. The Kier molecular flexibility index (Phi) is 5.63. The lowest BCUT2D eigenvalue weighted by Crippen LogP contribution is -2.38. The third kappa shape index (κ3) is 3.76. The summed E-state index contributed by atoms with van der Waals surface area (Å²) in [6.07, 6.45) is 1.94. The number of halogens is 1. The molecule has 0 bridgehead atoms. The van der Waals surface area contributed by atoms with Crippen LogP contribution in [0.2, 0.25) is 5.02 Å². The smallest absolute Gasteiger partial charge is 0.243 e. The number of aryl methyl sites for hydroxylation is 1. The van der Waals surface area contributed by atoms with E-state index < -0.39 is 21.8 Å². The van der Waals surface area contributed by atoms with Gasteiger partial charge in [0, 0.05) is 18.1 Å². The molecule has 1 amide bonds. The first-order valence-corrected chi connectivity index (χ1v) is 10.8. The van der Waals surface area contributed by atoms with Crippen molar-refractivity contribution in [3.63, 3.8) is 0 Å². The van der Waals surface area contributed by atoms with Crippen LogP contribution in [0.5, 0.6) is 0 Å². The van der Waals surface area contributed by atoms with Gasteiger partial charge in [0.05, 0.1) is 10.8 Å². The number of nitrogens with two attached hydrogens (primary N) is 1. The van der Waals surface area contributed by atoms with Crippen LogP contribution in [0.1, 0.15) is 18.4 Å². The molecule has 2 aliphatic rings. The fourth-order valence-corrected chi connectivity index (χ4v) is 6.20. The minimum Gasteiger partial charge on any atom is -0.369 e. The van der Waals surface area contributed by atoms with Gasteiger partial charge >= 0.3 is 0 Å². The summed E-state index contributed by atoms with van der Waals surface area (Å²) in [5, 5.41) is 0.502. The van der Waals surface area contributed by atoms with Gasteiger partial charge in [0.1, 0.15) is 0 Å². The van der Waals surface area contributed by atoms with Crippen LogP contribution >= 0.6 is 11.6 Å². The van der Waals surface area contributed by atoms with Gasteiger partial charge < -0.3 is 10.6 Å². The van der Waals surface area contributed by atoms with Crippen LogP contribution < -0.4 is 5.73 Å². The van der Waals surface area contributed by atoms with Crippen molar-refractivity contribution in [1.82, 2.24) is 9.21 Å². The number of nitrogens with zero attached hydrogens (tertiary/aromatic N) is 2. The zero-order valence-electron chi connectivity index (χ0n) is 15.2. The maximum absolute atomic E-state index is 13.1. The maximum atomic E-state index is 13.1. The predicted octanol–water partition coefficient (Wildman–Crippen LogP) is 1.71. The van der Waals surface area contributed by atoms with E-state index in [4.69, 9.17) is 17.3 Å². The average molecular weight is 400 g/mol. The Morgan fingerprint density at radius 1 is 1.23 bits per heavy atom. The molecule has 0 aliphatic carbocycles. The minimum atomic E-state index is -3.68. The van der Waals surface area contributed by atoms with Crippen molar-refractivity contribution in [3.8, 4) is 0 Å². The highest BCUT2D eigenvalue weighted by Crippen LogP contribution is 2.38. The molecule has 0 radical (unpaired) electrons. The summed E-state index contributed by atoms with van der Waals surface area (Å²) in [5.41, 5.74) is 6.24. The first kappa shape index (κ1) is 19.6. The molecule has 6 nitrogen and oxygen atoms in total. The molecule has 8 heteroatoms. The molecule has 1 aromatic rings. The number of primary amides is 1. The van der Waals surface area contributed by atoms with Crippen LogP contribution in [0, 0.1) is 24.7 Å². The summed E-state index contributed by atoms with van der Waals surface area (Å²) in [4.78, 5) is 14.5. The second-order valence-electron chi connectivity index (χ2n) is 7.55. The van der Waals surface area contributed by atoms with E-state index in [-0.39, 0.29) is 17.4 Å². The van der Waals surface area contributed by atoms with E-state index in [0.717, 1.165) is 25.9 Å². The molecule has 1 aromatic carbocycles. The van der Waals surface area contributed by atoms with Crippen LogP contribution in [0.3, 0.4) is 0 Å². The van der Waals surface area contributed by atoms with E-state index in [0.29, 0.717) is 23.0 Å². The molecule has 0 aromatic heterocycles. The lowest BCUT2D eigenvalue weighted by molar-refractivity contribution is -0.123. The molecule has 2 N–H and O–H groups in total. The fourth-order valence-electron chi connectivity index (χ4n) is 4.26. The van der Waals surface area contributed by atoms with Crippen LogP contribution in [0.4, 0.5) is 0 Å². The largest absolute Gasteiger partial charge is 0.369 e. The molecule has 144 valence electrons. The molecule has 2 atom stereocenters. The third-order valence-corrected chi connectivity index (χ3v) is 8.05. The zero-order valence-corrected chi connectivity index (χ0v) is 16.8. The molecular weight excluding hydrogens is 374 g/mol. The Morgan fingerprint density at radius 2 is 1.88 bits per heavy atom. The van der Waals surface area contributed by atoms with E-state index in [2.05, 4.69) is 11.9 Å². The van der Waals surface area contributed by atoms with Crippen molar-refractivity contribution in [3.05, 3.63) is 28.8 Å². The molecule has 26 heavy (non-hydrogen) atoms. The van der Waals surface area contributed by atoms with Crippen LogP contribution in [0.25, 0.3) is 0 Å². The molecular formula is C18H26ClN3O3S. The first-order chi connectivity index (χ1) is 12.2. The predicted molar refractivity (Wildman–Crippen MR) is 101 cm³/mol. The van der Waals surface area contributed by atoms with Crippen molar-refractivity contribution in [2.24, 2.45) is 23.5 Å². The van der Waals surface area contributed by atoms with Crippen LogP contribution in [0.15, 0.2) is 23.1 Å². The number of hydrogen-bond acceptors (Lipinski definition) is 4. The maximum Gasteiger partial charge on any atom is 0.243 e. The summed E-state index contributed by atoms with van der Waals surface area (Å²) < 4.78 is 27.7. The number of hydrogen-bond donors (Lipinski definition) is 1. The minimum absolute atomic E-state index is 0.0106. The van der Waals surface area contributed by atoms with Crippen LogP contribution in [-0.2, 0) is 14.8 Å². The standard InChI is InChI=1S/C18H26ClN3O3S/c1-12-9-14(19)3-4-17(12)26(24,25)22-10-15(16(11-22)18(20)23)13-5-7-21(2)8-6-13/h3-4,9,13,15-16H,5-8,10-11H2,1-2H3,(H2,20,23). The van der Waals surface area contributed by atoms with Gasteiger partial charge in [-0.05, 0) is 75.5 Å². The number of amides is 1. The Bertz CT molecular complexity index is 791. The number of sulfonamides is 1. The number of rotatable bonds is 4. The molecule has 0 saturated carbocycles. The van der Waals surface area contributed by atoms with Gasteiger partial charge in [-0.3, -0.25) is 4.79 Å². The van der Waals surface area contributed by atoms with Gasteiger partial charge in [-0.1, -0.05) is 11.6 Å². The van der Waals surface area contributed by atoms with Crippen molar-refractivity contribution < 1.29 is 13.2 Å². The van der Waals surface area contributed by atoms with Gasteiger partial charge in [0.15, 0.2) is 0 Å². The Balaban J connectivity index is 1.86. The van der Waals surface area contributed by atoms with E-state index in [1.165, 1.54) is 10.4 Å². The Morgan fingerprint density at radius 3 is 2.46 bits per heavy atom. The quantitative estimate of drug-likeness (QED) is 0.835. The Labute approximate surface area is 160 Å². The SMILES string of the molecule is Cc1cc(Cl)ccc1S(=O)(=O)N1CC(C(N)=O)C(C2CCN(C)CC2)C1. The summed E-state index contributed by atoms with van der Waals surface area (Å²) in [5.74, 6) is -0.510. The highest BCUT2D eigenvalue weighted by Gasteiger charge is 2.45. The highest BCUT2D eigenvalue weighted by atomic mass is 35.5. The summed E-state index contributed by atoms with van der Waals surface area (Å²) in [6.45, 7) is 4.18. The lowest BCUT2D eigenvalue weighted by atomic mass is 9.78. The van der Waals surface area contributed by atoms with Gasteiger partial charge in [0.25, 0.3) is 0 Å². The van der Waals surface area contributed by atoms with Gasteiger partial charge in [-0.25, -0.2) is 8.42 Å². The number of likely N-dealkylation sites (tertiary alicyclic amines) is 1. The third-order valence-electron chi connectivity index (χ3n) is 5.82. The molecule has 2 unspecified atom stereocenters. The average Bonchev–Trinajstić information content (AvgIpc) is 3.01.